The molecule has 0 saturated carbocycles. The fourth-order valence-electron chi connectivity index (χ4n) is 3.25. The monoisotopic (exact) mass is 444 g/mol. The van der Waals surface area contributed by atoms with Crippen molar-refractivity contribution in [2.75, 3.05) is 7.11 Å². The van der Waals surface area contributed by atoms with Crippen LogP contribution in [0.3, 0.4) is 0 Å². The maximum absolute atomic E-state index is 12.8. The third-order valence-corrected chi connectivity index (χ3v) is 5.15. The van der Waals surface area contributed by atoms with Crippen molar-refractivity contribution >= 4 is 33.5 Å². The zero-order valence-corrected chi connectivity index (χ0v) is 17.1. The summed E-state index contributed by atoms with van der Waals surface area (Å²) in [7, 11) is 1.60. The number of hydrogen-bond acceptors (Lipinski definition) is 4. The molecule has 0 saturated heterocycles. The number of carboxylic acid groups (broad SMARTS) is 1. The number of ether oxygens (including phenoxy) is 1. The predicted molar refractivity (Wildman–Crippen MR) is 109 cm³/mol. The molecule has 1 heterocycles. The lowest BCUT2D eigenvalue weighted by molar-refractivity contribution is -0.137. The van der Waals surface area contributed by atoms with Crippen molar-refractivity contribution in [3.63, 3.8) is 0 Å². The highest BCUT2D eigenvalue weighted by Crippen LogP contribution is 2.37. The third-order valence-electron chi connectivity index (χ3n) is 4.62. The fraction of sp³-hybridized carbons (Fsp3) is 0.286. The second kappa shape index (κ2) is 9.01. The van der Waals surface area contributed by atoms with Gasteiger partial charge in [-0.15, -0.1) is 0 Å². The molecule has 2 aromatic rings. The average molecular weight is 445 g/mol. The van der Waals surface area contributed by atoms with Crippen LogP contribution >= 0.6 is 15.9 Å². The number of carboxylic acids is 1. The van der Waals surface area contributed by atoms with Gasteiger partial charge in [0.25, 0.3) is 0 Å². The lowest BCUT2D eigenvalue weighted by atomic mass is 9.97. The summed E-state index contributed by atoms with van der Waals surface area (Å²) < 4.78 is 6.45. The Kier molecular flexibility index (Phi) is 6.46. The second-order valence-electron chi connectivity index (χ2n) is 6.50. The molecule has 7 heteroatoms. The molecule has 1 aliphatic heterocycles. The van der Waals surface area contributed by atoms with Crippen LogP contribution in [0.5, 0.6) is 5.75 Å². The zero-order chi connectivity index (χ0) is 20.1. The van der Waals surface area contributed by atoms with E-state index in [0.717, 1.165) is 21.3 Å². The van der Waals surface area contributed by atoms with Gasteiger partial charge >= 0.3 is 5.97 Å². The van der Waals surface area contributed by atoms with E-state index in [1.165, 1.54) is 5.01 Å². The molecule has 0 radical (unpaired) electrons. The predicted octanol–water partition coefficient (Wildman–Crippen LogP) is 4.39. The summed E-state index contributed by atoms with van der Waals surface area (Å²) in [5.74, 6) is -0.401. The van der Waals surface area contributed by atoms with Crippen LogP contribution in [-0.4, -0.2) is 34.8 Å². The third kappa shape index (κ3) is 4.59. The number of methoxy groups -OCH3 is 1. The lowest BCUT2D eigenvalue weighted by Gasteiger charge is -2.23. The second-order valence-corrected chi connectivity index (χ2v) is 7.42. The van der Waals surface area contributed by atoms with Crippen LogP contribution in [0.4, 0.5) is 0 Å². The van der Waals surface area contributed by atoms with Crippen molar-refractivity contribution in [1.82, 2.24) is 5.01 Å². The lowest BCUT2D eigenvalue weighted by Crippen LogP contribution is -2.27. The Hall–Kier alpha value is -2.67. The molecular weight excluding hydrogens is 424 g/mol. The number of hydrazone groups is 1. The van der Waals surface area contributed by atoms with Crippen molar-refractivity contribution in [1.29, 1.82) is 0 Å². The molecule has 1 N–H and O–H groups in total. The van der Waals surface area contributed by atoms with Gasteiger partial charge in [0.1, 0.15) is 5.75 Å². The summed E-state index contributed by atoms with van der Waals surface area (Å²) >= 11 is 3.43. The average Bonchev–Trinajstić information content (AvgIpc) is 3.13. The number of halogens is 1. The number of benzene rings is 2. The molecule has 0 fully saturated rings. The van der Waals surface area contributed by atoms with Crippen LogP contribution in [0.25, 0.3) is 0 Å². The van der Waals surface area contributed by atoms with Crippen LogP contribution in [0.1, 0.15) is 42.9 Å². The standard InChI is InChI=1S/C21H21BrN2O4/c1-28-19-6-3-2-5-16(19)18-13-17(14-9-11-15(22)12-10-14)23-24(18)20(25)7-4-8-21(26)27/h2-3,5-6,9-12,18H,4,7-8,13H2,1H3,(H,26,27)/t18-/m1/s1. The van der Waals surface area contributed by atoms with Crippen molar-refractivity contribution < 1.29 is 19.4 Å². The number of amides is 1. The van der Waals surface area contributed by atoms with E-state index in [1.807, 2.05) is 48.5 Å². The van der Waals surface area contributed by atoms with Gasteiger partial charge in [0, 0.05) is 29.3 Å². The minimum atomic E-state index is -0.908. The van der Waals surface area contributed by atoms with Gasteiger partial charge in [0.15, 0.2) is 0 Å². The van der Waals surface area contributed by atoms with Gasteiger partial charge in [-0.05, 0) is 30.2 Å². The minimum Gasteiger partial charge on any atom is -0.496 e. The number of aliphatic carboxylic acids is 1. The smallest absolute Gasteiger partial charge is 0.303 e. The first kappa shape index (κ1) is 20.1. The maximum Gasteiger partial charge on any atom is 0.303 e. The summed E-state index contributed by atoms with van der Waals surface area (Å²) in [6, 6.07) is 15.1. The van der Waals surface area contributed by atoms with Gasteiger partial charge < -0.3 is 9.84 Å². The van der Waals surface area contributed by atoms with Crippen molar-refractivity contribution in [3.8, 4) is 5.75 Å². The van der Waals surface area contributed by atoms with E-state index in [9.17, 15) is 9.59 Å². The van der Waals surface area contributed by atoms with E-state index in [0.29, 0.717) is 12.2 Å². The highest BCUT2D eigenvalue weighted by Gasteiger charge is 2.34. The van der Waals surface area contributed by atoms with Crippen LogP contribution in [0.15, 0.2) is 58.1 Å². The van der Waals surface area contributed by atoms with Gasteiger partial charge in [-0.25, -0.2) is 5.01 Å². The fourth-order valence-corrected chi connectivity index (χ4v) is 3.51. The van der Waals surface area contributed by atoms with E-state index >= 15 is 0 Å². The molecule has 0 aromatic heterocycles. The molecular formula is C21H21BrN2O4. The number of carbonyl (C=O) groups excluding carboxylic acids is 1. The summed E-state index contributed by atoms with van der Waals surface area (Å²) in [5.41, 5.74) is 2.64. The van der Waals surface area contributed by atoms with Gasteiger partial charge in [-0.1, -0.05) is 46.3 Å². The number of carbonyl (C=O) groups is 2. The minimum absolute atomic E-state index is 0.0395. The molecule has 6 nitrogen and oxygen atoms in total. The number of rotatable bonds is 7. The largest absolute Gasteiger partial charge is 0.496 e. The van der Waals surface area contributed by atoms with Crippen LogP contribution in [0.2, 0.25) is 0 Å². The molecule has 0 bridgehead atoms. The molecule has 0 aliphatic carbocycles. The Morgan fingerprint density at radius 1 is 1.18 bits per heavy atom. The number of para-hydroxylation sites is 1. The van der Waals surface area contributed by atoms with Crippen molar-refractivity contribution in [2.24, 2.45) is 5.10 Å². The summed E-state index contributed by atoms with van der Waals surface area (Å²) in [6.07, 6.45) is 0.941. The summed E-state index contributed by atoms with van der Waals surface area (Å²) in [4.78, 5) is 23.6. The zero-order valence-electron chi connectivity index (χ0n) is 15.5. The number of hydrogen-bond donors (Lipinski definition) is 1. The van der Waals surface area contributed by atoms with Crippen LogP contribution < -0.4 is 4.74 Å². The molecule has 0 spiro atoms. The van der Waals surface area contributed by atoms with Crippen LogP contribution in [0, 0.1) is 0 Å². The Morgan fingerprint density at radius 3 is 2.57 bits per heavy atom. The van der Waals surface area contributed by atoms with Crippen molar-refractivity contribution in [3.05, 3.63) is 64.1 Å². The highest BCUT2D eigenvalue weighted by atomic mass is 79.9. The Bertz CT molecular complexity index is 896. The molecule has 2 aromatic carbocycles. The highest BCUT2D eigenvalue weighted by molar-refractivity contribution is 9.10. The first-order chi connectivity index (χ1) is 13.5. The van der Waals surface area contributed by atoms with E-state index in [4.69, 9.17) is 9.84 Å². The molecule has 1 aliphatic rings. The molecule has 146 valence electrons. The van der Waals surface area contributed by atoms with E-state index in [2.05, 4.69) is 21.0 Å². The van der Waals surface area contributed by atoms with Crippen molar-refractivity contribution in [2.45, 2.75) is 31.7 Å². The Morgan fingerprint density at radius 2 is 1.89 bits per heavy atom. The molecule has 3 rings (SSSR count). The van der Waals surface area contributed by atoms with E-state index in [-0.39, 0.29) is 31.2 Å². The molecule has 0 unspecified atom stereocenters. The summed E-state index contributed by atoms with van der Waals surface area (Å²) in [5, 5.41) is 14.9. The Labute approximate surface area is 171 Å². The maximum atomic E-state index is 12.8. The van der Waals surface area contributed by atoms with E-state index < -0.39 is 5.97 Å². The SMILES string of the molecule is COc1ccccc1[C@H]1CC(c2ccc(Br)cc2)=NN1C(=O)CCCC(=O)O. The molecule has 1 atom stereocenters. The molecule has 28 heavy (non-hydrogen) atoms. The van der Waals surface area contributed by atoms with Gasteiger partial charge in [-0.3, -0.25) is 9.59 Å². The Balaban J connectivity index is 1.90. The van der Waals surface area contributed by atoms with E-state index in [1.54, 1.807) is 7.11 Å². The first-order valence-electron chi connectivity index (χ1n) is 8.99. The quantitative estimate of drug-likeness (QED) is 0.686. The number of nitrogens with zero attached hydrogens (tertiary/aromatic N) is 2. The normalized spacial score (nSPS) is 16.0. The van der Waals surface area contributed by atoms with Gasteiger partial charge in [-0.2, -0.15) is 5.10 Å². The summed E-state index contributed by atoms with van der Waals surface area (Å²) in [6.45, 7) is 0. The topological polar surface area (TPSA) is 79.2 Å². The van der Waals surface area contributed by atoms with Crippen LogP contribution in [-0.2, 0) is 9.59 Å². The first-order valence-corrected chi connectivity index (χ1v) is 9.79. The van der Waals surface area contributed by atoms with Gasteiger partial charge in [0.05, 0.1) is 18.9 Å². The van der Waals surface area contributed by atoms with Gasteiger partial charge in [0.2, 0.25) is 5.91 Å². The molecule has 1 amide bonds.